The Labute approximate surface area is 97.6 Å². The van der Waals surface area contributed by atoms with E-state index < -0.39 is 12.4 Å². The largest absolute Gasteiger partial charge is 0.465 e. The Morgan fingerprint density at radius 1 is 1.53 bits per heavy atom. The van der Waals surface area contributed by atoms with Crippen molar-refractivity contribution in [3.8, 4) is 6.07 Å². The summed E-state index contributed by atoms with van der Waals surface area (Å²) in [7, 11) is 1.18. The second-order valence-corrected chi connectivity index (χ2v) is 3.31. The Morgan fingerprint density at radius 3 is 2.59 bits per heavy atom. The number of hydrogen-bond donors (Lipinski definition) is 0. The average Bonchev–Trinajstić information content (AvgIpc) is 2.35. The highest BCUT2D eigenvalue weighted by molar-refractivity contribution is 5.91. The topological polar surface area (TPSA) is 50.1 Å². The van der Waals surface area contributed by atoms with Gasteiger partial charge in [-0.1, -0.05) is 6.92 Å². The van der Waals surface area contributed by atoms with Crippen LogP contribution in [0.1, 0.15) is 40.4 Å². The SMILES string of the molecule is CCc1c(C(=O)OC)ccc(C#N)c1C(F)F. The summed E-state index contributed by atoms with van der Waals surface area (Å²) >= 11 is 0. The number of hydrogen-bond acceptors (Lipinski definition) is 3. The van der Waals surface area contributed by atoms with Crippen LogP contribution in [-0.4, -0.2) is 13.1 Å². The van der Waals surface area contributed by atoms with Gasteiger partial charge in [0.25, 0.3) is 6.43 Å². The van der Waals surface area contributed by atoms with Crippen molar-refractivity contribution in [3.05, 3.63) is 34.4 Å². The van der Waals surface area contributed by atoms with E-state index >= 15 is 0 Å². The molecule has 1 aromatic carbocycles. The zero-order chi connectivity index (χ0) is 13.0. The van der Waals surface area contributed by atoms with Gasteiger partial charge in [0.15, 0.2) is 0 Å². The Morgan fingerprint density at radius 2 is 2.18 bits per heavy atom. The molecule has 0 heterocycles. The molecular weight excluding hydrogens is 228 g/mol. The molecular formula is C12H11F2NO2. The molecule has 0 aliphatic rings. The third-order valence-electron chi connectivity index (χ3n) is 2.45. The maximum absolute atomic E-state index is 12.9. The summed E-state index contributed by atoms with van der Waals surface area (Å²) in [6.45, 7) is 1.65. The molecule has 0 radical (unpaired) electrons. The summed E-state index contributed by atoms with van der Waals surface area (Å²) in [6, 6.07) is 4.26. The van der Waals surface area contributed by atoms with Gasteiger partial charge in [-0.25, -0.2) is 13.6 Å². The molecule has 0 N–H and O–H groups in total. The van der Waals surface area contributed by atoms with Gasteiger partial charge in [-0.15, -0.1) is 0 Å². The number of carbonyl (C=O) groups excluding carboxylic acids is 1. The number of halogens is 2. The number of nitrogens with zero attached hydrogens (tertiary/aromatic N) is 1. The van der Waals surface area contributed by atoms with E-state index in [1.54, 1.807) is 13.0 Å². The summed E-state index contributed by atoms with van der Waals surface area (Å²) in [5.41, 5.74) is -0.224. The van der Waals surface area contributed by atoms with Gasteiger partial charge in [0.2, 0.25) is 0 Å². The zero-order valence-electron chi connectivity index (χ0n) is 9.46. The van der Waals surface area contributed by atoms with Crippen LogP contribution in [-0.2, 0) is 11.2 Å². The van der Waals surface area contributed by atoms with Crippen molar-refractivity contribution in [1.82, 2.24) is 0 Å². The number of rotatable bonds is 3. The fourth-order valence-electron chi connectivity index (χ4n) is 1.69. The molecule has 0 unspecified atom stereocenters. The standard InChI is InChI=1S/C12H11F2NO2/c1-3-8-9(12(16)17-2)5-4-7(6-15)10(8)11(13)14/h4-5,11H,3H2,1-2H3. The van der Waals surface area contributed by atoms with Gasteiger partial charge in [-0.05, 0) is 24.1 Å². The molecule has 0 saturated carbocycles. The van der Waals surface area contributed by atoms with Crippen LogP contribution in [0.15, 0.2) is 12.1 Å². The van der Waals surface area contributed by atoms with Gasteiger partial charge in [0.1, 0.15) is 0 Å². The predicted molar refractivity (Wildman–Crippen MR) is 56.8 cm³/mol. The normalized spacial score (nSPS) is 10.1. The fraction of sp³-hybridized carbons (Fsp3) is 0.333. The van der Waals surface area contributed by atoms with E-state index in [0.717, 1.165) is 0 Å². The van der Waals surface area contributed by atoms with Gasteiger partial charge >= 0.3 is 5.97 Å². The Bertz CT molecular complexity index is 478. The molecule has 17 heavy (non-hydrogen) atoms. The van der Waals surface area contributed by atoms with Crippen LogP contribution < -0.4 is 0 Å². The van der Waals surface area contributed by atoms with Crippen LogP contribution in [0.5, 0.6) is 0 Å². The van der Waals surface area contributed by atoms with E-state index in [1.807, 2.05) is 0 Å². The maximum atomic E-state index is 12.9. The third-order valence-corrected chi connectivity index (χ3v) is 2.45. The van der Waals surface area contributed by atoms with Gasteiger partial charge < -0.3 is 4.74 Å². The molecule has 1 rings (SSSR count). The van der Waals surface area contributed by atoms with Crippen molar-refractivity contribution < 1.29 is 18.3 Å². The number of methoxy groups -OCH3 is 1. The first-order chi connectivity index (χ1) is 8.06. The summed E-state index contributed by atoms with van der Waals surface area (Å²) in [6.07, 6.45) is -2.55. The van der Waals surface area contributed by atoms with E-state index in [2.05, 4.69) is 4.74 Å². The highest BCUT2D eigenvalue weighted by Crippen LogP contribution is 2.29. The minimum atomic E-state index is -2.79. The summed E-state index contributed by atoms with van der Waals surface area (Å²) < 4.78 is 30.3. The minimum absolute atomic E-state index is 0.0873. The summed E-state index contributed by atoms with van der Waals surface area (Å²) in [5, 5.41) is 8.77. The summed E-state index contributed by atoms with van der Waals surface area (Å²) in [4.78, 5) is 11.4. The predicted octanol–water partition coefficient (Wildman–Crippen LogP) is 2.84. The minimum Gasteiger partial charge on any atom is -0.465 e. The van der Waals surface area contributed by atoms with E-state index in [-0.39, 0.29) is 28.7 Å². The molecule has 5 heteroatoms. The number of carbonyl (C=O) groups is 1. The van der Waals surface area contributed by atoms with Crippen molar-refractivity contribution in [2.75, 3.05) is 7.11 Å². The number of ether oxygens (including phenoxy) is 1. The lowest BCUT2D eigenvalue weighted by molar-refractivity contribution is 0.0599. The number of esters is 1. The van der Waals surface area contributed by atoms with Crippen LogP contribution in [0.25, 0.3) is 0 Å². The quantitative estimate of drug-likeness (QED) is 0.762. The van der Waals surface area contributed by atoms with Crippen molar-refractivity contribution in [2.45, 2.75) is 19.8 Å². The highest BCUT2D eigenvalue weighted by atomic mass is 19.3. The molecule has 0 saturated heterocycles. The highest BCUT2D eigenvalue weighted by Gasteiger charge is 2.22. The molecule has 0 amide bonds. The molecule has 3 nitrogen and oxygen atoms in total. The fourth-order valence-corrected chi connectivity index (χ4v) is 1.69. The molecule has 0 bridgehead atoms. The first kappa shape index (κ1) is 13.1. The van der Waals surface area contributed by atoms with Gasteiger partial charge in [-0.3, -0.25) is 0 Å². The molecule has 1 aromatic rings. The summed E-state index contributed by atoms with van der Waals surface area (Å²) in [5.74, 6) is -0.673. The van der Waals surface area contributed by atoms with Gasteiger partial charge in [-0.2, -0.15) is 5.26 Å². The molecule has 0 aliphatic carbocycles. The van der Waals surface area contributed by atoms with Crippen molar-refractivity contribution >= 4 is 5.97 Å². The molecule has 0 spiro atoms. The van der Waals surface area contributed by atoms with E-state index in [0.29, 0.717) is 0 Å². The smallest absolute Gasteiger partial charge is 0.338 e. The third kappa shape index (κ3) is 2.41. The van der Waals surface area contributed by atoms with Crippen LogP contribution in [0.2, 0.25) is 0 Å². The van der Waals surface area contributed by atoms with E-state index in [9.17, 15) is 13.6 Å². The van der Waals surface area contributed by atoms with Crippen LogP contribution >= 0.6 is 0 Å². The first-order valence-electron chi connectivity index (χ1n) is 4.99. The lowest BCUT2D eigenvalue weighted by Crippen LogP contribution is -2.09. The van der Waals surface area contributed by atoms with Crippen LogP contribution in [0, 0.1) is 11.3 Å². The average molecular weight is 239 g/mol. The maximum Gasteiger partial charge on any atom is 0.338 e. The Kier molecular flexibility index (Phi) is 4.16. The number of alkyl halides is 2. The number of benzene rings is 1. The van der Waals surface area contributed by atoms with Crippen LogP contribution in [0.3, 0.4) is 0 Å². The molecule has 0 aromatic heterocycles. The Hall–Kier alpha value is -1.96. The number of nitriles is 1. The van der Waals surface area contributed by atoms with Gasteiger partial charge in [0.05, 0.1) is 24.3 Å². The lowest BCUT2D eigenvalue weighted by Gasteiger charge is -2.13. The molecule has 0 fully saturated rings. The van der Waals surface area contributed by atoms with Crippen molar-refractivity contribution in [1.29, 1.82) is 5.26 Å². The van der Waals surface area contributed by atoms with Gasteiger partial charge in [0, 0.05) is 5.56 Å². The molecule has 0 atom stereocenters. The molecule has 90 valence electrons. The zero-order valence-corrected chi connectivity index (χ0v) is 9.46. The second kappa shape index (κ2) is 5.39. The monoisotopic (exact) mass is 239 g/mol. The second-order valence-electron chi connectivity index (χ2n) is 3.31. The van der Waals surface area contributed by atoms with Crippen LogP contribution in [0.4, 0.5) is 8.78 Å². The van der Waals surface area contributed by atoms with E-state index in [4.69, 9.17) is 5.26 Å². The lowest BCUT2D eigenvalue weighted by atomic mass is 9.94. The molecule has 0 aliphatic heterocycles. The Balaban J connectivity index is 3.53. The van der Waals surface area contributed by atoms with E-state index in [1.165, 1.54) is 19.2 Å². The van der Waals surface area contributed by atoms with Crippen molar-refractivity contribution in [2.24, 2.45) is 0 Å². The first-order valence-corrected chi connectivity index (χ1v) is 4.99. The van der Waals surface area contributed by atoms with Crippen molar-refractivity contribution in [3.63, 3.8) is 0 Å².